The lowest BCUT2D eigenvalue weighted by Crippen LogP contribution is -2.49. The molecule has 7 heteroatoms. The normalized spacial score (nSPS) is 22.7. The van der Waals surface area contributed by atoms with Gasteiger partial charge in [0.15, 0.2) is 0 Å². The number of methoxy groups -OCH3 is 1. The van der Waals surface area contributed by atoms with Crippen molar-refractivity contribution in [1.82, 2.24) is 10.2 Å². The van der Waals surface area contributed by atoms with Crippen molar-refractivity contribution in [1.29, 1.82) is 0 Å². The van der Waals surface area contributed by atoms with Crippen molar-refractivity contribution in [3.05, 3.63) is 0 Å². The van der Waals surface area contributed by atoms with Crippen LogP contribution < -0.4 is 5.32 Å². The van der Waals surface area contributed by atoms with Gasteiger partial charge in [-0.15, -0.1) is 11.8 Å². The van der Waals surface area contributed by atoms with Gasteiger partial charge in [-0.2, -0.15) is 0 Å². The summed E-state index contributed by atoms with van der Waals surface area (Å²) in [4.78, 5) is 24.9. The van der Waals surface area contributed by atoms with Crippen molar-refractivity contribution in [2.24, 2.45) is 0 Å². The second-order valence-corrected chi connectivity index (χ2v) is 5.61. The molecule has 1 amide bonds. The van der Waals surface area contributed by atoms with Gasteiger partial charge in [-0.3, -0.25) is 4.79 Å². The number of carboxylic acid groups (broad SMARTS) is 1. The Hall–Kier alpha value is -0.790. The number of rotatable bonds is 8. The van der Waals surface area contributed by atoms with Gasteiger partial charge in [-0.05, 0) is 6.42 Å². The number of hydrogen-bond donors (Lipinski definition) is 2. The highest BCUT2D eigenvalue weighted by molar-refractivity contribution is 8.00. The molecule has 1 rings (SSSR count). The highest BCUT2D eigenvalue weighted by Gasteiger charge is 2.40. The molecule has 0 aliphatic carbocycles. The smallest absolute Gasteiger partial charge is 0.327 e. The number of nitrogens with one attached hydrogen (secondary N) is 1. The number of carbonyl (C=O) groups is 2. The van der Waals surface area contributed by atoms with Crippen molar-refractivity contribution in [2.45, 2.75) is 31.2 Å². The van der Waals surface area contributed by atoms with Gasteiger partial charge >= 0.3 is 5.97 Å². The maximum Gasteiger partial charge on any atom is 0.327 e. The predicted octanol–water partition coefficient (Wildman–Crippen LogP) is 0.377. The molecule has 0 radical (unpaired) electrons. The maximum absolute atomic E-state index is 12.2. The quantitative estimate of drug-likeness (QED) is 0.629. The number of hydrogen-bond acceptors (Lipinski definition) is 5. The van der Waals surface area contributed by atoms with E-state index in [0.29, 0.717) is 18.9 Å². The van der Waals surface area contributed by atoms with Crippen LogP contribution in [0.1, 0.15) is 19.8 Å². The summed E-state index contributed by atoms with van der Waals surface area (Å²) < 4.78 is 4.88. The van der Waals surface area contributed by atoms with Gasteiger partial charge in [0, 0.05) is 19.4 Å². The Bertz CT molecular complexity index is 314. The zero-order valence-corrected chi connectivity index (χ0v) is 12.2. The van der Waals surface area contributed by atoms with Gasteiger partial charge in [0.1, 0.15) is 6.04 Å². The summed E-state index contributed by atoms with van der Waals surface area (Å²) in [5.41, 5.74) is 0. The Labute approximate surface area is 117 Å². The summed E-state index contributed by atoms with van der Waals surface area (Å²) >= 11 is 1.56. The van der Waals surface area contributed by atoms with E-state index in [2.05, 4.69) is 5.32 Å². The summed E-state index contributed by atoms with van der Waals surface area (Å²) in [5.74, 6) is -0.590. The van der Waals surface area contributed by atoms with E-state index in [4.69, 9.17) is 4.74 Å². The number of carboxylic acids is 1. The first-order valence-electron chi connectivity index (χ1n) is 6.47. The summed E-state index contributed by atoms with van der Waals surface area (Å²) in [7, 11) is 1.60. The largest absolute Gasteiger partial charge is 0.480 e. The van der Waals surface area contributed by atoms with Crippen LogP contribution >= 0.6 is 11.8 Å². The third kappa shape index (κ3) is 4.67. The van der Waals surface area contributed by atoms with Crippen molar-refractivity contribution in [2.75, 3.05) is 32.6 Å². The van der Waals surface area contributed by atoms with Crippen LogP contribution in [0.4, 0.5) is 0 Å². The lowest BCUT2D eigenvalue weighted by atomic mass is 10.2. The average molecular weight is 290 g/mol. The monoisotopic (exact) mass is 290 g/mol. The van der Waals surface area contributed by atoms with E-state index < -0.39 is 12.0 Å². The van der Waals surface area contributed by atoms with Gasteiger partial charge in [0.25, 0.3) is 0 Å². The molecule has 1 aliphatic rings. The fourth-order valence-corrected chi connectivity index (χ4v) is 3.55. The molecule has 0 aromatic heterocycles. The lowest BCUT2D eigenvalue weighted by Gasteiger charge is -2.27. The number of nitrogens with zero attached hydrogens (tertiary/aromatic N) is 1. The molecule has 1 saturated heterocycles. The molecule has 0 spiro atoms. The zero-order chi connectivity index (χ0) is 14.3. The molecule has 0 aromatic rings. The third-order valence-corrected chi connectivity index (χ3v) is 4.32. The highest BCUT2D eigenvalue weighted by atomic mass is 32.2. The van der Waals surface area contributed by atoms with E-state index in [0.717, 1.165) is 12.8 Å². The van der Waals surface area contributed by atoms with Crippen LogP contribution in [0.5, 0.6) is 0 Å². The van der Waals surface area contributed by atoms with Crippen LogP contribution in [0.3, 0.4) is 0 Å². The fourth-order valence-electron chi connectivity index (χ4n) is 2.02. The summed E-state index contributed by atoms with van der Waals surface area (Å²) in [6, 6.07) is -0.696. The van der Waals surface area contributed by atoms with Crippen molar-refractivity contribution in [3.63, 3.8) is 0 Å². The van der Waals surface area contributed by atoms with Gasteiger partial charge in [-0.1, -0.05) is 13.3 Å². The Morgan fingerprint density at radius 3 is 2.84 bits per heavy atom. The minimum atomic E-state index is -0.920. The molecule has 2 N–H and O–H groups in total. The predicted molar refractivity (Wildman–Crippen MR) is 74.2 cm³/mol. The van der Waals surface area contributed by atoms with E-state index in [1.165, 1.54) is 4.90 Å². The SMILES string of the molecule is CCCC1SCC(C(=O)O)N1C(=O)CNCCOC. The number of aliphatic carboxylic acids is 1. The molecule has 0 aromatic carbocycles. The van der Waals surface area contributed by atoms with Gasteiger partial charge in [-0.25, -0.2) is 4.79 Å². The summed E-state index contributed by atoms with van der Waals surface area (Å²) in [6.07, 6.45) is 1.77. The van der Waals surface area contributed by atoms with Gasteiger partial charge in [0.05, 0.1) is 18.5 Å². The molecule has 2 atom stereocenters. The minimum absolute atomic E-state index is 0.0113. The second-order valence-electron chi connectivity index (χ2n) is 4.40. The van der Waals surface area contributed by atoms with Crippen LogP contribution in [0.2, 0.25) is 0 Å². The molecule has 0 bridgehead atoms. The molecule has 6 nitrogen and oxygen atoms in total. The first kappa shape index (κ1) is 16.3. The topological polar surface area (TPSA) is 78.9 Å². The van der Waals surface area contributed by atoms with E-state index >= 15 is 0 Å². The molecule has 110 valence electrons. The number of amides is 1. The van der Waals surface area contributed by atoms with E-state index in [9.17, 15) is 14.7 Å². The molecule has 2 unspecified atom stereocenters. The summed E-state index contributed by atoms with van der Waals surface area (Å²) in [5, 5.41) is 12.1. The highest BCUT2D eigenvalue weighted by Crippen LogP contribution is 2.32. The molecule has 19 heavy (non-hydrogen) atoms. The number of ether oxygens (including phenoxy) is 1. The Morgan fingerprint density at radius 2 is 2.26 bits per heavy atom. The summed E-state index contributed by atoms with van der Waals surface area (Å²) in [6.45, 7) is 3.31. The Balaban J connectivity index is 2.56. The van der Waals surface area contributed by atoms with Crippen LogP contribution in [0, 0.1) is 0 Å². The van der Waals surface area contributed by atoms with Crippen molar-refractivity contribution < 1.29 is 19.4 Å². The Morgan fingerprint density at radius 1 is 1.53 bits per heavy atom. The molecule has 1 fully saturated rings. The second kappa shape index (κ2) is 8.39. The molecular weight excluding hydrogens is 268 g/mol. The first-order chi connectivity index (χ1) is 9.11. The molecular formula is C12H22N2O4S. The van der Waals surface area contributed by atoms with Crippen LogP contribution in [-0.4, -0.2) is 65.9 Å². The average Bonchev–Trinajstić information content (AvgIpc) is 2.79. The lowest BCUT2D eigenvalue weighted by molar-refractivity contribution is -0.148. The van der Waals surface area contributed by atoms with Gasteiger partial charge < -0.3 is 20.1 Å². The van der Waals surface area contributed by atoms with Crippen LogP contribution in [0.15, 0.2) is 0 Å². The van der Waals surface area contributed by atoms with E-state index in [1.54, 1.807) is 18.9 Å². The van der Waals surface area contributed by atoms with Crippen molar-refractivity contribution in [3.8, 4) is 0 Å². The van der Waals surface area contributed by atoms with Crippen LogP contribution in [-0.2, 0) is 14.3 Å². The third-order valence-electron chi connectivity index (χ3n) is 2.96. The van der Waals surface area contributed by atoms with Gasteiger partial charge in [0.2, 0.25) is 5.91 Å². The molecule has 0 saturated carbocycles. The maximum atomic E-state index is 12.2. The van der Waals surface area contributed by atoms with E-state index in [-0.39, 0.29) is 17.8 Å². The molecule has 1 aliphatic heterocycles. The number of thioether (sulfide) groups is 1. The molecule has 1 heterocycles. The first-order valence-corrected chi connectivity index (χ1v) is 7.51. The standard InChI is InChI=1S/C12H22N2O4S/c1-3-4-11-14(9(8-19-11)12(16)17)10(15)7-13-5-6-18-2/h9,11,13H,3-8H2,1-2H3,(H,16,17). The van der Waals surface area contributed by atoms with E-state index in [1.807, 2.05) is 6.92 Å². The fraction of sp³-hybridized carbons (Fsp3) is 0.833. The van der Waals surface area contributed by atoms with Crippen LogP contribution in [0.25, 0.3) is 0 Å². The number of carbonyl (C=O) groups excluding carboxylic acids is 1. The van der Waals surface area contributed by atoms with Crippen molar-refractivity contribution >= 4 is 23.6 Å². The zero-order valence-electron chi connectivity index (χ0n) is 11.4. The Kier molecular flexibility index (Phi) is 7.19. The minimum Gasteiger partial charge on any atom is -0.480 e.